The van der Waals surface area contributed by atoms with Crippen molar-refractivity contribution in [2.24, 2.45) is 0 Å². The first kappa shape index (κ1) is 23.8. The normalized spacial score (nSPS) is 16.9. The molecule has 2 aromatic carbocycles. The number of carbonyl (C=O) groups excluding carboxylic acids is 2. The summed E-state index contributed by atoms with van der Waals surface area (Å²) in [6.45, 7) is 8.75. The van der Waals surface area contributed by atoms with E-state index in [1.807, 2.05) is 23.1 Å². The Bertz CT molecular complexity index is 999. The Morgan fingerprint density at radius 1 is 1.03 bits per heavy atom. The van der Waals surface area contributed by atoms with E-state index in [9.17, 15) is 9.59 Å². The van der Waals surface area contributed by atoms with Gasteiger partial charge in [-0.1, -0.05) is 36.6 Å². The predicted octanol–water partition coefficient (Wildman–Crippen LogP) is 4.94. The van der Waals surface area contributed by atoms with Crippen LogP contribution in [0.5, 0.6) is 0 Å². The second kappa shape index (κ2) is 11.2. The molecule has 0 aromatic heterocycles. The van der Waals surface area contributed by atoms with Crippen molar-refractivity contribution in [3.8, 4) is 0 Å². The SMILES string of the molecule is Cc1ccc(C)c(CN2C(=O)CSc3ccc(C(=O)NCCCN4CCCCCC4)cc32)c1. The molecule has 1 N–H and O–H groups in total. The van der Waals surface area contributed by atoms with Crippen LogP contribution in [0, 0.1) is 13.8 Å². The Morgan fingerprint density at radius 2 is 1.82 bits per heavy atom. The fourth-order valence-electron chi connectivity index (χ4n) is 4.62. The summed E-state index contributed by atoms with van der Waals surface area (Å²) in [6, 6.07) is 12.1. The lowest BCUT2D eigenvalue weighted by molar-refractivity contribution is -0.116. The topological polar surface area (TPSA) is 52.7 Å². The fourth-order valence-corrected chi connectivity index (χ4v) is 5.54. The molecule has 0 radical (unpaired) electrons. The van der Waals surface area contributed by atoms with Crippen LogP contribution in [-0.4, -0.2) is 48.6 Å². The number of rotatable bonds is 7. The molecule has 4 rings (SSSR count). The number of amides is 2. The highest BCUT2D eigenvalue weighted by atomic mass is 32.2. The van der Waals surface area contributed by atoms with Crippen LogP contribution >= 0.6 is 11.8 Å². The number of hydrogen-bond acceptors (Lipinski definition) is 4. The fraction of sp³-hybridized carbons (Fsp3) is 0.481. The summed E-state index contributed by atoms with van der Waals surface area (Å²) in [7, 11) is 0. The average Bonchev–Trinajstić information content (AvgIpc) is 3.09. The number of anilines is 1. The molecule has 5 nitrogen and oxygen atoms in total. The van der Waals surface area contributed by atoms with Gasteiger partial charge in [0.15, 0.2) is 0 Å². The molecule has 2 aliphatic heterocycles. The molecule has 0 aliphatic carbocycles. The molecule has 2 aliphatic rings. The van der Waals surface area contributed by atoms with Crippen molar-refractivity contribution in [1.82, 2.24) is 10.2 Å². The van der Waals surface area contributed by atoms with Crippen LogP contribution in [0.15, 0.2) is 41.3 Å². The molecular weight excluding hydrogens is 430 g/mol. The van der Waals surface area contributed by atoms with Gasteiger partial charge < -0.3 is 15.1 Å². The average molecular weight is 466 g/mol. The summed E-state index contributed by atoms with van der Waals surface area (Å²) < 4.78 is 0. The first-order valence-electron chi connectivity index (χ1n) is 12.1. The van der Waals surface area contributed by atoms with Crippen LogP contribution in [0.3, 0.4) is 0 Å². The monoisotopic (exact) mass is 465 g/mol. The Morgan fingerprint density at radius 3 is 2.61 bits per heavy atom. The predicted molar refractivity (Wildman–Crippen MR) is 136 cm³/mol. The van der Waals surface area contributed by atoms with Crippen molar-refractivity contribution >= 4 is 29.3 Å². The summed E-state index contributed by atoms with van der Waals surface area (Å²) in [5.41, 5.74) is 4.96. The maximum absolute atomic E-state index is 12.8. The van der Waals surface area contributed by atoms with Crippen LogP contribution in [0.2, 0.25) is 0 Å². The molecule has 2 heterocycles. The maximum Gasteiger partial charge on any atom is 0.251 e. The van der Waals surface area contributed by atoms with Gasteiger partial charge in [-0.25, -0.2) is 0 Å². The van der Waals surface area contributed by atoms with Crippen LogP contribution in [0.1, 0.15) is 59.2 Å². The lowest BCUT2D eigenvalue weighted by atomic mass is 10.0. The van der Waals surface area contributed by atoms with Crippen LogP contribution in [0.4, 0.5) is 5.69 Å². The highest BCUT2D eigenvalue weighted by Gasteiger charge is 2.26. The van der Waals surface area contributed by atoms with E-state index in [0.29, 0.717) is 24.4 Å². The van der Waals surface area contributed by atoms with E-state index in [4.69, 9.17) is 0 Å². The molecule has 0 unspecified atom stereocenters. The van der Waals surface area contributed by atoms with Gasteiger partial charge in [-0.3, -0.25) is 9.59 Å². The number of nitrogens with zero attached hydrogens (tertiary/aromatic N) is 2. The minimum atomic E-state index is -0.0663. The molecule has 0 bridgehead atoms. The zero-order valence-corrected chi connectivity index (χ0v) is 20.7. The van der Waals surface area contributed by atoms with Crippen molar-refractivity contribution in [3.63, 3.8) is 0 Å². The van der Waals surface area contributed by atoms with Gasteiger partial charge in [-0.2, -0.15) is 0 Å². The third kappa shape index (κ3) is 6.18. The van der Waals surface area contributed by atoms with Crippen LogP contribution in [0.25, 0.3) is 0 Å². The number of thioether (sulfide) groups is 1. The molecule has 0 spiro atoms. The van der Waals surface area contributed by atoms with Gasteiger partial charge in [-0.15, -0.1) is 11.8 Å². The minimum Gasteiger partial charge on any atom is -0.352 e. The van der Waals surface area contributed by atoms with E-state index in [1.54, 1.807) is 11.8 Å². The lowest BCUT2D eigenvalue weighted by Crippen LogP contribution is -2.35. The number of benzene rings is 2. The van der Waals surface area contributed by atoms with Gasteiger partial charge in [0.25, 0.3) is 5.91 Å². The molecule has 0 atom stereocenters. The van der Waals surface area contributed by atoms with E-state index in [0.717, 1.165) is 29.1 Å². The number of fused-ring (bicyclic) bond motifs is 1. The zero-order valence-electron chi connectivity index (χ0n) is 19.9. The van der Waals surface area contributed by atoms with E-state index in [-0.39, 0.29) is 11.8 Å². The number of hydrogen-bond donors (Lipinski definition) is 1. The highest BCUT2D eigenvalue weighted by Crippen LogP contribution is 2.37. The van der Waals surface area contributed by atoms with E-state index in [1.165, 1.54) is 49.9 Å². The molecule has 33 heavy (non-hydrogen) atoms. The largest absolute Gasteiger partial charge is 0.352 e. The van der Waals surface area contributed by atoms with Crippen LogP contribution in [-0.2, 0) is 11.3 Å². The Kier molecular flexibility index (Phi) is 8.10. The summed E-state index contributed by atoms with van der Waals surface area (Å²) in [4.78, 5) is 31.1. The smallest absolute Gasteiger partial charge is 0.251 e. The number of likely N-dealkylation sites (tertiary alicyclic amines) is 1. The first-order chi connectivity index (χ1) is 16.0. The second-order valence-corrected chi connectivity index (χ2v) is 10.3. The maximum atomic E-state index is 12.8. The van der Waals surface area contributed by atoms with Gasteiger partial charge in [0.05, 0.1) is 18.0 Å². The van der Waals surface area contributed by atoms with E-state index in [2.05, 4.69) is 42.3 Å². The summed E-state index contributed by atoms with van der Waals surface area (Å²) in [5, 5.41) is 3.08. The summed E-state index contributed by atoms with van der Waals surface area (Å²) >= 11 is 1.55. The minimum absolute atomic E-state index is 0.0663. The molecular formula is C27H35N3O2S. The molecule has 1 fully saturated rings. The van der Waals surface area contributed by atoms with Crippen molar-refractivity contribution in [3.05, 3.63) is 58.7 Å². The van der Waals surface area contributed by atoms with Gasteiger partial charge in [-0.05, 0) is 82.1 Å². The highest BCUT2D eigenvalue weighted by molar-refractivity contribution is 8.00. The van der Waals surface area contributed by atoms with Gasteiger partial charge in [0.2, 0.25) is 5.91 Å². The third-order valence-corrected chi connectivity index (χ3v) is 7.68. The first-order valence-corrected chi connectivity index (χ1v) is 13.1. The lowest BCUT2D eigenvalue weighted by Gasteiger charge is -2.30. The third-order valence-electron chi connectivity index (χ3n) is 6.63. The van der Waals surface area contributed by atoms with Gasteiger partial charge >= 0.3 is 0 Å². The number of nitrogens with one attached hydrogen (secondary N) is 1. The van der Waals surface area contributed by atoms with Crippen molar-refractivity contribution < 1.29 is 9.59 Å². The van der Waals surface area contributed by atoms with Gasteiger partial charge in [0.1, 0.15) is 0 Å². The van der Waals surface area contributed by atoms with Crippen molar-refractivity contribution in [1.29, 1.82) is 0 Å². The molecule has 2 amide bonds. The Balaban J connectivity index is 1.40. The second-order valence-electron chi connectivity index (χ2n) is 9.25. The molecule has 2 aromatic rings. The molecule has 176 valence electrons. The Labute approximate surface area is 201 Å². The summed E-state index contributed by atoms with van der Waals surface area (Å²) in [6.07, 6.45) is 6.22. The van der Waals surface area contributed by atoms with Crippen molar-refractivity contribution in [2.45, 2.75) is 57.4 Å². The molecule has 6 heteroatoms. The van der Waals surface area contributed by atoms with E-state index >= 15 is 0 Å². The summed E-state index contributed by atoms with van der Waals surface area (Å²) in [5.74, 6) is 0.451. The standard InChI is InChI=1S/C27H35N3O2S/c1-20-8-9-21(2)23(16-20)18-30-24-17-22(10-11-25(24)33-19-26(30)31)27(32)28-12-7-15-29-13-5-3-4-6-14-29/h8-11,16-17H,3-7,12-15,18-19H2,1-2H3,(H,28,32). The zero-order chi connectivity index (χ0) is 23.2. The number of aryl methyl sites for hydroxylation is 2. The van der Waals surface area contributed by atoms with E-state index < -0.39 is 0 Å². The molecule has 0 saturated carbocycles. The van der Waals surface area contributed by atoms with Gasteiger partial charge in [0, 0.05) is 17.0 Å². The molecule has 1 saturated heterocycles. The van der Waals surface area contributed by atoms with Crippen molar-refractivity contribution in [2.75, 3.05) is 36.8 Å². The number of carbonyl (C=O) groups is 2. The van der Waals surface area contributed by atoms with Crippen LogP contribution < -0.4 is 10.2 Å². The quantitative estimate of drug-likeness (QED) is 0.589. The Hall–Kier alpha value is -2.31.